The average Bonchev–Trinajstić information content (AvgIpc) is 3.03. The number of halogens is 1. The van der Waals surface area contributed by atoms with Gasteiger partial charge in [0.15, 0.2) is 0 Å². The summed E-state index contributed by atoms with van der Waals surface area (Å²) in [5.41, 5.74) is 7.18. The van der Waals surface area contributed by atoms with Crippen molar-refractivity contribution in [2.45, 2.75) is 17.4 Å². The summed E-state index contributed by atoms with van der Waals surface area (Å²) in [6.07, 6.45) is 0.257. The molecule has 2 N–H and O–H groups in total. The number of hydrogen-bond acceptors (Lipinski definition) is 5. The summed E-state index contributed by atoms with van der Waals surface area (Å²) in [6, 6.07) is 13.5. The Kier molecular flexibility index (Phi) is 4.90. The Morgan fingerprint density at radius 3 is 2.58 bits per heavy atom. The van der Waals surface area contributed by atoms with Crippen LogP contribution in [0.4, 0.5) is 4.39 Å². The highest BCUT2D eigenvalue weighted by atomic mass is 32.2. The van der Waals surface area contributed by atoms with Crippen molar-refractivity contribution in [3.8, 4) is 0 Å². The first-order valence-electron chi connectivity index (χ1n) is 7.19. The van der Waals surface area contributed by atoms with Gasteiger partial charge in [-0.2, -0.15) is 0 Å². The van der Waals surface area contributed by atoms with Gasteiger partial charge in [0.25, 0.3) is 5.22 Å². The molecular weight excluding hydrogens is 329 g/mol. The lowest BCUT2D eigenvalue weighted by Crippen LogP contribution is -2.10. The third-order valence-corrected chi connectivity index (χ3v) is 4.24. The monoisotopic (exact) mass is 343 g/mol. The van der Waals surface area contributed by atoms with E-state index in [1.165, 1.54) is 17.8 Å². The van der Waals surface area contributed by atoms with Crippen LogP contribution in [0.15, 0.2) is 58.2 Å². The zero-order valence-corrected chi connectivity index (χ0v) is 13.4. The standard InChI is InChI=1S/C17H14FN3O2S/c18-14-4-2-1-3-13(14)9-15-20-21-17(23-15)24-10-11-5-7-12(8-6-11)16(19)22/h1-8H,9-10H2,(H2,19,22). The Labute approximate surface area is 142 Å². The van der Waals surface area contributed by atoms with Crippen LogP contribution in [-0.2, 0) is 12.2 Å². The molecule has 2 aromatic carbocycles. The van der Waals surface area contributed by atoms with Crippen LogP contribution >= 0.6 is 11.8 Å². The van der Waals surface area contributed by atoms with E-state index >= 15 is 0 Å². The van der Waals surface area contributed by atoms with Crippen LogP contribution in [-0.4, -0.2) is 16.1 Å². The van der Waals surface area contributed by atoms with E-state index < -0.39 is 5.91 Å². The maximum absolute atomic E-state index is 13.6. The predicted molar refractivity (Wildman–Crippen MR) is 88.0 cm³/mol. The van der Waals surface area contributed by atoms with Crippen LogP contribution in [0.2, 0.25) is 0 Å². The largest absolute Gasteiger partial charge is 0.416 e. The number of primary amides is 1. The molecule has 0 fully saturated rings. The highest BCUT2D eigenvalue weighted by Gasteiger charge is 2.10. The molecule has 1 amide bonds. The van der Waals surface area contributed by atoms with Crippen molar-refractivity contribution in [1.82, 2.24) is 10.2 Å². The molecule has 0 aliphatic rings. The summed E-state index contributed by atoms with van der Waals surface area (Å²) in [7, 11) is 0. The molecule has 5 nitrogen and oxygen atoms in total. The first-order chi connectivity index (χ1) is 11.6. The van der Waals surface area contributed by atoms with E-state index in [1.807, 2.05) is 12.1 Å². The Balaban J connectivity index is 1.60. The summed E-state index contributed by atoms with van der Waals surface area (Å²) < 4.78 is 19.1. The molecule has 0 unspecified atom stereocenters. The Bertz CT molecular complexity index is 849. The predicted octanol–water partition coefficient (Wildman–Crippen LogP) is 3.19. The van der Waals surface area contributed by atoms with Gasteiger partial charge in [0.1, 0.15) is 5.82 Å². The number of nitrogens with zero attached hydrogens (tertiary/aromatic N) is 2. The maximum atomic E-state index is 13.6. The molecule has 0 atom stereocenters. The van der Waals surface area contributed by atoms with Gasteiger partial charge < -0.3 is 10.2 Å². The SMILES string of the molecule is NC(=O)c1ccc(CSc2nnc(Cc3ccccc3F)o2)cc1. The fourth-order valence-corrected chi connectivity index (χ4v) is 2.82. The van der Waals surface area contributed by atoms with E-state index in [2.05, 4.69) is 10.2 Å². The molecule has 0 saturated heterocycles. The van der Waals surface area contributed by atoms with Crippen molar-refractivity contribution in [2.24, 2.45) is 5.73 Å². The van der Waals surface area contributed by atoms with E-state index in [1.54, 1.807) is 30.3 Å². The smallest absolute Gasteiger partial charge is 0.276 e. The minimum atomic E-state index is -0.455. The van der Waals surface area contributed by atoms with Crippen LogP contribution in [0.5, 0.6) is 0 Å². The average molecular weight is 343 g/mol. The van der Waals surface area contributed by atoms with Gasteiger partial charge in [-0.05, 0) is 29.3 Å². The Morgan fingerprint density at radius 1 is 1.12 bits per heavy atom. The number of hydrogen-bond donors (Lipinski definition) is 1. The van der Waals surface area contributed by atoms with E-state index in [-0.39, 0.29) is 12.2 Å². The number of benzene rings is 2. The number of carbonyl (C=O) groups is 1. The molecule has 0 spiro atoms. The number of carbonyl (C=O) groups excluding carboxylic acids is 1. The number of nitrogens with two attached hydrogens (primary N) is 1. The molecule has 0 aliphatic heterocycles. The van der Waals surface area contributed by atoms with E-state index in [4.69, 9.17) is 10.2 Å². The first-order valence-corrected chi connectivity index (χ1v) is 8.18. The Hall–Kier alpha value is -2.67. The molecule has 24 heavy (non-hydrogen) atoms. The van der Waals surface area contributed by atoms with Gasteiger partial charge in [-0.15, -0.1) is 10.2 Å². The van der Waals surface area contributed by atoms with E-state index in [0.29, 0.717) is 28.0 Å². The second kappa shape index (κ2) is 7.27. The highest BCUT2D eigenvalue weighted by Crippen LogP contribution is 2.22. The fraction of sp³-hybridized carbons (Fsp3) is 0.118. The maximum Gasteiger partial charge on any atom is 0.276 e. The molecule has 0 saturated carbocycles. The van der Waals surface area contributed by atoms with Crippen molar-refractivity contribution in [2.75, 3.05) is 0 Å². The van der Waals surface area contributed by atoms with Crippen LogP contribution in [0.25, 0.3) is 0 Å². The quantitative estimate of drug-likeness (QED) is 0.695. The summed E-state index contributed by atoms with van der Waals surface area (Å²) in [4.78, 5) is 11.0. The van der Waals surface area contributed by atoms with Gasteiger partial charge in [0, 0.05) is 11.3 Å². The lowest BCUT2D eigenvalue weighted by molar-refractivity contribution is 0.100. The second-order valence-corrected chi connectivity index (χ2v) is 6.01. The molecule has 0 radical (unpaired) electrons. The molecule has 0 aliphatic carbocycles. The molecule has 3 aromatic rings. The molecule has 122 valence electrons. The van der Waals surface area contributed by atoms with Crippen LogP contribution in [0, 0.1) is 5.82 Å². The molecule has 1 aromatic heterocycles. The minimum Gasteiger partial charge on any atom is -0.416 e. The van der Waals surface area contributed by atoms with Gasteiger partial charge in [-0.1, -0.05) is 42.1 Å². The summed E-state index contributed by atoms with van der Waals surface area (Å²) in [6.45, 7) is 0. The molecule has 0 bridgehead atoms. The van der Waals surface area contributed by atoms with E-state index in [0.717, 1.165) is 5.56 Å². The minimum absolute atomic E-state index is 0.257. The summed E-state index contributed by atoms with van der Waals surface area (Å²) in [5.74, 6) is 0.232. The van der Waals surface area contributed by atoms with Crippen molar-refractivity contribution in [1.29, 1.82) is 0 Å². The lowest BCUT2D eigenvalue weighted by Gasteiger charge is -2.00. The normalized spacial score (nSPS) is 10.7. The van der Waals surface area contributed by atoms with Gasteiger partial charge in [0.2, 0.25) is 11.8 Å². The number of aromatic nitrogens is 2. The van der Waals surface area contributed by atoms with Crippen molar-refractivity contribution >= 4 is 17.7 Å². The van der Waals surface area contributed by atoms with Crippen LogP contribution in [0.3, 0.4) is 0 Å². The lowest BCUT2D eigenvalue weighted by atomic mass is 10.1. The number of thioether (sulfide) groups is 1. The third kappa shape index (κ3) is 3.99. The Morgan fingerprint density at radius 2 is 1.88 bits per heavy atom. The third-order valence-electron chi connectivity index (χ3n) is 3.35. The molecule has 1 heterocycles. The van der Waals surface area contributed by atoms with Crippen molar-refractivity contribution in [3.05, 3.63) is 76.9 Å². The second-order valence-electron chi connectivity index (χ2n) is 5.08. The van der Waals surface area contributed by atoms with Crippen LogP contribution in [0.1, 0.15) is 27.4 Å². The van der Waals surface area contributed by atoms with Crippen molar-refractivity contribution < 1.29 is 13.6 Å². The van der Waals surface area contributed by atoms with Gasteiger partial charge >= 0.3 is 0 Å². The number of rotatable bonds is 6. The van der Waals surface area contributed by atoms with Gasteiger partial charge in [-0.25, -0.2) is 4.39 Å². The first kappa shape index (κ1) is 16.2. The zero-order valence-electron chi connectivity index (χ0n) is 12.6. The van der Waals surface area contributed by atoms with Gasteiger partial charge in [-0.3, -0.25) is 4.79 Å². The van der Waals surface area contributed by atoms with Crippen LogP contribution < -0.4 is 5.73 Å². The molecule has 7 heteroatoms. The van der Waals surface area contributed by atoms with E-state index in [9.17, 15) is 9.18 Å². The highest BCUT2D eigenvalue weighted by molar-refractivity contribution is 7.98. The number of amides is 1. The zero-order chi connectivity index (χ0) is 16.9. The summed E-state index contributed by atoms with van der Waals surface area (Å²) in [5, 5.41) is 8.31. The molecular formula is C17H14FN3O2S. The van der Waals surface area contributed by atoms with Crippen molar-refractivity contribution in [3.63, 3.8) is 0 Å². The fourth-order valence-electron chi connectivity index (χ4n) is 2.08. The van der Waals surface area contributed by atoms with Gasteiger partial charge in [0.05, 0.1) is 6.42 Å². The molecule has 3 rings (SSSR count). The summed E-state index contributed by atoms with van der Waals surface area (Å²) >= 11 is 1.37. The topological polar surface area (TPSA) is 82.0 Å².